The lowest BCUT2D eigenvalue weighted by molar-refractivity contribution is 1.13. The van der Waals surface area contributed by atoms with Crippen molar-refractivity contribution in [2.75, 3.05) is 30.0 Å². The fourth-order valence-corrected chi connectivity index (χ4v) is 1.65. The molecule has 0 saturated heterocycles. The van der Waals surface area contributed by atoms with Gasteiger partial charge in [-0.3, -0.25) is 0 Å². The van der Waals surface area contributed by atoms with E-state index in [0.29, 0.717) is 17.1 Å². The van der Waals surface area contributed by atoms with Crippen LogP contribution in [0.4, 0.5) is 22.9 Å². The number of hydrogen-bond acceptors (Lipinski definition) is 5. The Morgan fingerprint density at radius 1 is 1.32 bits per heavy atom. The summed E-state index contributed by atoms with van der Waals surface area (Å²) in [6.07, 6.45) is 1.49. The number of benzene rings is 1. The number of anilines is 4. The number of rotatable bonds is 3. The SMILES string of the molecule is CN(C)c1cccc(Nc2ncc(C#N)cc2N)c1. The lowest BCUT2D eigenvalue weighted by Crippen LogP contribution is -2.08. The molecule has 0 atom stereocenters. The van der Waals surface area contributed by atoms with Crippen LogP contribution in [0.1, 0.15) is 5.56 Å². The average molecular weight is 253 g/mol. The molecule has 0 fully saturated rings. The second-order valence-electron chi connectivity index (χ2n) is 4.34. The Balaban J connectivity index is 2.26. The number of nitrogens with two attached hydrogens (primary N) is 1. The number of aromatic nitrogens is 1. The fraction of sp³-hybridized carbons (Fsp3) is 0.143. The molecule has 0 unspecified atom stereocenters. The first-order valence-corrected chi connectivity index (χ1v) is 5.80. The minimum atomic E-state index is 0.449. The number of nitrogen functional groups attached to an aromatic ring is 1. The Morgan fingerprint density at radius 2 is 2.11 bits per heavy atom. The molecular formula is C14H15N5. The second-order valence-corrected chi connectivity index (χ2v) is 4.34. The average Bonchev–Trinajstić information content (AvgIpc) is 2.41. The van der Waals surface area contributed by atoms with E-state index >= 15 is 0 Å². The molecule has 0 aliphatic rings. The van der Waals surface area contributed by atoms with Gasteiger partial charge in [0.1, 0.15) is 6.07 Å². The minimum absolute atomic E-state index is 0.449. The lowest BCUT2D eigenvalue weighted by atomic mass is 10.2. The Morgan fingerprint density at radius 3 is 2.74 bits per heavy atom. The standard InChI is InChI=1S/C14H15N5/c1-19(2)12-5-3-4-11(7-12)18-14-13(16)6-10(8-15)9-17-14/h3-7,9H,16H2,1-2H3,(H,17,18). The maximum absolute atomic E-state index is 8.77. The largest absolute Gasteiger partial charge is 0.396 e. The summed E-state index contributed by atoms with van der Waals surface area (Å²) in [5, 5.41) is 11.9. The minimum Gasteiger partial charge on any atom is -0.396 e. The van der Waals surface area contributed by atoms with Crippen molar-refractivity contribution in [3.63, 3.8) is 0 Å². The fourth-order valence-electron chi connectivity index (χ4n) is 1.65. The highest BCUT2D eigenvalue weighted by atomic mass is 15.1. The van der Waals surface area contributed by atoms with E-state index < -0.39 is 0 Å². The molecule has 0 aliphatic heterocycles. The second kappa shape index (κ2) is 5.27. The molecule has 96 valence electrons. The van der Waals surface area contributed by atoms with Gasteiger partial charge in [0, 0.05) is 31.7 Å². The zero-order valence-corrected chi connectivity index (χ0v) is 10.9. The third kappa shape index (κ3) is 2.93. The zero-order valence-electron chi connectivity index (χ0n) is 10.9. The summed E-state index contributed by atoms with van der Waals surface area (Å²) in [6, 6.07) is 11.5. The van der Waals surface area contributed by atoms with Crippen molar-refractivity contribution < 1.29 is 0 Å². The number of nitrogens with zero attached hydrogens (tertiary/aromatic N) is 3. The van der Waals surface area contributed by atoms with Crippen molar-refractivity contribution >= 4 is 22.9 Å². The highest BCUT2D eigenvalue weighted by molar-refractivity contribution is 5.71. The summed E-state index contributed by atoms with van der Waals surface area (Å²) in [7, 11) is 3.96. The summed E-state index contributed by atoms with van der Waals surface area (Å²) < 4.78 is 0. The van der Waals surface area contributed by atoms with Gasteiger partial charge in [0.05, 0.1) is 11.3 Å². The number of hydrogen-bond donors (Lipinski definition) is 2. The van der Waals surface area contributed by atoms with E-state index in [1.807, 2.05) is 49.3 Å². The summed E-state index contributed by atoms with van der Waals surface area (Å²) in [4.78, 5) is 6.16. The van der Waals surface area contributed by atoms with Gasteiger partial charge in [0.25, 0.3) is 0 Å². The maximum atomic E-state index is 8.77. The molecule has 0 bridgehead atoms. The number of pyridine rings is 1. The van der Waals surface area contributed by atoms with E-state index in [1.54, 1.807) is 6.07 Å². The van der Waals surface area contributed by atoms with E-state index in [4.69, 9.17) is 11.0 Å². The summed E-state index contributed by atoms with van der Waals surface area (Å²) >= 11 is 0. The van der Waals surface area contributed by atoms with Gasteiger partial charge in [-0.1, -0.05) is 6.07 Å². The van der Waals surface area contributed by atoms with Gasteiger partial charge in [-0.05, 0) is 24.3 Å². The van der Waals surface area contributed by atoms with Gasteiger partial charge in [0.2, 0.25) is 0 Å². The van der Waals surface area contributed by atoms with Crippen LogP contribution < -0.4 is 16.0 Å². The third-order valence-corrected chi connectivity index (χ3v) is 2.67. The van der Waals surface area contributed by atoms with E-state index in [0.717, 1.165) is 11.4 Å². The van der Waals surface area contributed by atoms with Crippen LogP contribution in [-0.4, -0.2) is 19.1 Å². The van der Waals surface area contributed by atoms with Crippen molar-refractivity contribution in [2.24, 2.45) is 0 Å². The van der Waals surface area contributed by atoms with Crippen LogP contribution in [-0.2, 0) is 0 Å². The Kier molecular flexibility index (Phi) is 3.53. The van der Waals surface area contributed by atoms with Gasteiger partial charge in [0.15, 0.2) is 5.82 Å². The molecule has 0 amide bonds. The molecule has 1 heterocycles. The van der Waals surface area contributed by atoms with Crippen LogP contribution in [0.3, 0.4) is 0 Å². The summed E-state index contributed by atoms with van der Waals surface area (Å²) in [5.74, 6) is 0.551. The highest BCUT2D eigenvalue weighted by Gasteiger charge is 2.04. The summed E-state index contributed by atoms with van der Waals surface area (Å²) in [6.45, 7) is 0. The van der Waals surface area contributed by atoms with Gasteiger partial charge < -0.3 is 16.0 Å². The number of nitrogens with one attached hydrogen (secondary N) is 1. The molecule has 0 radical (unpaired) electrons. The number of nitriles is 1. The molecule has 19 heavy (non-hydrogen) atoms. The molecule has 1 aromatic heterocycles. The zero-order chi connectivity index (χ0) is 13.8. The van der Waals surface area contributed by atoms with Crippen molar-refractivity contribution in [2.45, 2.75) is 0 Å². The van der Waals surface area contributed by atoms with E-state index in [-0.39, 0.29) is 0 Å². The third-order valence-electron chi connectivity index (χ3n) is 2.67. The first-order chi connectivity index (χ1) is 9.10. The Labute approximate surface area is 112 Å². The molecule has 2 rings (SSSR count). The van der Waals surface area contributed by atoms with Crippen LogP contribution in [0.5, 0.6) is 0 Å². The Hall–Kier alpha value is -2.74. The van der Waals surface area contributed by atoms with Gasteiger partial charge in [-0.25, -0.2) is 4.98 Å². The molecule has 0 spiro atoms. The van der Waals surface area contributed by atoms with Crippen molar-refractivity contribution in [3.05, 3.63) is 42.1 Å². The van der Waals surface area contributed by atoms with Crippen LogP contribution in [0.2, 0.25) is 0 Å². The molecule has 3 N–H and O–H groups in total. The van der Waals surface area contributed by atoms with E-state index in [9.17, 15) is 0 Å². The van der Waals surface area contributed by atoms with Crippen molar-refractivity contribution in [3.8, 4) is 6.07 Å². The summed E-state index contributed by atoms with van der Waals surface area (Å²) in [5.41, 5.74) is 8.74. The van der Waals surface area contributed by atoms with Crippen molar-refractivity contribution in [1.29, 1.82) is 5.26 Å². The molecule has 5 nitrogen and oxygen atoms in total. The monoisotopic (exact) mass is 253 g/mol. The molecule has 0 aliphatic carbocycles. The first-order valence-electron chi connectivity index (χ1n) is 5.80. The highest BCUT2D eigenvalue weighted by Crippen LogP contribution is 2.24. The predicted octanol–water partition coefficient (Wildman–Crippen LogP) is 2.35. The molecule has 1 aromatic carbocycles. The topological polar surface area (TPSA) is 78.0 Å². The van der Waals surface area contributed by atoms with Crippen LogP contribution in [0, 0.1) is 11.3 Å². The molecule has 5 heteroatoms. The van der Waals surface area contributed by atoms with Crippen LogP contribution >= 0.6 is 0 Å². The quantitative estimate of drug-likeness (QED) is 0.877. The van der Waals surface area contributed by atoms with Gasteiger partial charge in [-0.2, -0.15) is 5.26 Å². The lowest BCUT2D eigenvalue weighted by Gasteiger charge is -2.14. The normalized spacial score (nSPS) is 9.74. The molecule has 0 saturated carbocycles. The van der Waals surface area contributed by atoms with Crippen molar-refractivity contribution in [1.82, 2.24) is 4.98 Å². The van der Waals surface area contributed by atoms with E-state index in [2.05, 4.69) is 10.3 Å². The van der Waals surface area contributed by atoms with Crippen LogP contribution in [0.25, 0.3) is 0 Å². The van der Waals surface area contributed by atoms with Gasteiger partial charge in [-0.15, -0.1) is 0 Å². The first kappa shape index (κ1) is 12.7. The smallest absolute Gasteiger partial charge is 0.153 e. The predicted molar refractivity (Wildman–Crippen MR) is 77.4 cm³/mol. The molecule has 2 aromatic rings. The molecular weight excluding hydrogens is 238 g/mol. The van der Waals surface area contributed by atoms with E-state index in [1.165, 1.54) is 6.20 Å². The van der Waals surface area contributed by atoms with Gasteiger partial charge >= 0.3 is 0 Å². The van der Waals surface area contributed by atoms with Crippen LogP contribution in [0.15, 0.2) is 36.5 Å². The maximum Gasteiger partial charge on any atom is 0.153 e. The Bertz CT molecular complexity index is 628.